The number of hydrogen-bond donors (Lipinski definition) is 3. The first-order valence-electron chi connectivity index (χ1n) is 7.00. The van der Waals surface area contributed by atoms with Crippen LogP contribution in [-0.4, -0.2) is 12.1 Å². The second-order valence-corrected chi connectivity index (χ2v) is 5.20. The van der Waals surface area contributed by atoms with E-state index in [0.29, 0.717) is 17.4 Å². The summed E-state index contributed by atoms with van der Waals surface area (Å²) in [6.07, 6.45) is 2.05. The first-order valence-corrected chi connectivity index (χ1v) is 7.00. The SMILES string of the molecule is O=C(Nc1ccc(Nc2ccc(F)cc2F)cc1)NC1CC1. The summed E-state index contributed by atoms with van der Waals surface area (Å²) >= 11 is 0. The molecule has 6 heteroatoms. The first-order chi connectivity index (χ1) is 10.6. The fourth-order valence-electron chi connectivity index (χ4n) is 1.96. The van der Waals surface area contributed by atoms with Gasteiger partial charge in [0.25, 0.3) is 0 Å². The maximum atomic E-state index is 13.5. The van der Waals surface area contributed by atoms with Crippen LogP contribution in [0.3, 0.4) is 0 Å². The Kier molecular flexibility index (Phi) is 3.91. The maximum absolute atomic E-state index is 13.5. The Morgan fingerprint density at radius 2 is 1.68 bits per heavy atom. The Balaban J connectivity index is 1.62. The normalized spacial score (nSPS) is 13.5. The summed E-state index contributed by atoms with van der Waals surface area (Å²) in [5.74, 6) is -1.28. The number of carbonyl (C=O) groups is 1. The Morgan fingerprint density at radius 1 is 1.00 bits per heavy atom. The minimum Gasteiger partial charge on any atom is -0.353 e. The van der Waals surface area contributed by atoms with E-state index >= 15 is 0 Å². The lowest BCUT2D eigenvalue weighted by Gasteiger charge is -2.10. The Bertz CT molecular complexity index is 684. The van der Waals surface area contributed by atoms with Crippen LogP contribution in [0.15, 0.2) is 42.5 Å². The number of nitrogens with one attached hydrogen (secondary N) is 3. The molecule has 4 nitrogen and oxygen atoms in total. The number of anilines is 3. The van der Waals surface area contributed by atoms with E-state index in [1.165, 1.54) is 12.1 Å². The third-order valence-corrected chi connectivity index (χ3v) is 3.27. The Labute approximate surface area is 126 Å². The summed E-state index contributed by atoms with van der Waals surface area (Å²) < 4.78 is 26.4. The maximum Gasteiger partial charge on any atom is 0.319 e. The van der Waals surface area contributed by atoms with Gasteiger partial charge in [0, 0.05) is 23.5 Å². The highest BCUT2D eigenvalue weighted by Gasteiger charge is 2.23. The summed E-state index contributed by atoms with van der Waals surface area (Å²) in [6.45, 7) is 0. The topological polar surface area (TPSA) is 53.2 Å². The van der Waals surface area contributed by atoms with Crippen molar-refractivity contribution in [1.82, 2.24) is 5.32 Å². The van der Waals surface area contributed by atoms with E-state index in [2.05, 4.69) is 16.0 Å². The molecule has 2 aromatic rings. The number of rotatable bonds is 4. The standard InChI is InChI=1S/C16H15F2N3O/c17-10-1-8-15(14(18)9-10)19-11-2-4-12(5-3-11)20-16(22)21-13-6-7-13/h1-5,8-9,13,19H,6-7H2,(H2,20,21,22). The van der Waals surface area contributed by atoms with Crippen molar-refractivity contribution in [3.8, 4) is 0 Å². The van der Waals surface area contributed by atoms with Gasteiger partial charge >= 0.3 is 6.03 Å². The predicted molar refractivity (Wildman–Crippen MR) is 81.3 cm³/mol. The summed E-state index contributed by atoms with van der Waals surface area (Å²) in [5.41, 5.74) is 1.47. The highest BCUT2D eigenvalue weighted by molar-refractivity contribution is 5.89. The van der Waals surface area contributed by atoms with Gasteiger partial charge in [-0.2, -0.15) is 0 Å². The van der Waals surface area contributed by atoms with Crippen LogP contribution < -0.4 is 16.0 Å². The molecule has 0 radical (unpaired) electrons. The molecule has 3 N–H and O–H groups in total. The second-order valence-electron chi connectivity index (χ2n) is 5.20. The van der Waals surface area contributed by atoms with Crippen LogP contribution in [0.2, 0.25) is 0 Å². The van der Waals surface area contributed by atoms with E-state index in [4.69, 9.17) is 0 Å². The molecule has 0 aromatic heterocycles. The highest BCUT2D eigenvalue weighted by Crippen LogP contribution is 2.22. The molecule has 22 heavy (non-hydrogen) atoms. The lowest BCUT2D eigenvalue weighted by molar-refractivity contribution is 0.251. The number of urea groups is 1. The highest BCUT2D eigenvalue weighted by atomic mass is 19.1. The number of carbonyl (C=O) groups excluding carboxylic acids is 1. The van der Waals surface area contributed by atoms with Crippen LogP contribution in [0, 0.1) is 11.6 Å². The van der Waals surface area contributed by atoms with Crippen LogP contribution in [0.25, 0.3) is 0 Å². The van der Waals surface area contributed by atoms with Crippen molar-refractivity contribution in [2.75, 3.05) is 10.6 Å². The molecule has 0 bridgehead atoms. The van der Waals surface area contributed by atoms with E-state index in [0.717, 1.165) is 18.9 Å². The molecule has 1 aliphatic carbocycles. The Morgan fingerprint density at radius 3 is 2.32 bits per heavy atom. The zero-order chi connectivity index (χ0) is 15.5. The molecule has 0 aliphatic heterocycles. The van der Waals surface area contributed by atoms with E-state index in [-0.39, 0.29) is 11.7 Å². The van der Waals surface area contributed by atoms with Gasteiger partial charge < -0.3 is 16.0 Å². The van der Waals surface area contributed by atoms with Crippen molar-refractivity contribution in [1.29, 1.82) is 0 Å². The van der Waals surface area contributed by atoms with Gasteiger partial charge in [-0.1, -0.05) is 0 Å². The monoisotopic (exact) mass is 303 g/mol. The molecule has 1 aliphatic rings. The average Bonchev–Trinajstić information content (AvgIpc) is 3.28. The number of amides is 2. The third kappa shape index (κ3) is 3.72. The van der Waals surface area contributed by atoms with Crippen LogP contribution >= 0.6 is 0 Å². The van der Waals surface area contributed by atoms with Crippen molar-refractivity contribution in [3.63, 3.8) is 0 Å². The molecule has 1 saturated carbocycles. The molecular weight excluding hydrogens is 288 g/mol. The molecule has 0 saturated heterocycles. The smallest absolute Gasteiger partial charge is 0.319 e. The van der Waals surface area contributed by atoms with Gasteiger partial charge in [0.15, 0.2) is 0 Å². The van der Waals surface area contributed by atoms with Gasteiger partial charge in [-0.25, -0.2) is 13.6 Å². The molecule has 0 heterocycles. The van der Waals surface area contributed by atoms with Crippen LogP contribution in [0.4, 0.5) is 30.6 Å². The van der Waals surface area contributed by atoms with Crippen molar-refractivity contribution < 1.29 is 13.6 Å². The minimum atomic E-state index is -0.661. The van der Waals surface area contributed by atoms with E-state index in [1.54, 1.807) is 24.3 Å². The van der Waals surface area contributed by atoms with E-state index in [1.807, 2.05) is 0 Å². The molecule has 2 amide bonds. The van der Waals surface area contributed by atoms with Gasteiger partial charge in [-0.15, -0.1) is 0 Å². The number of benzene rings is 2. The molecule has 1 fully saturated rings. The lowest BCUT2D eigenvalue weighted by Crippen LogP contribution is -2.30. The molecule has 114 valence electrons. The van der Waals surface area contributed by atoms with Crippen molar-refractivity contribution in [3.05, 3.63) is 54.1 Å². The summed E-state index contributed by atoms with van der Waals surface area (Å²) in [5, 5.41) is 8.39. The zero-order valence-corrected chi connectivity index (χ0v) is 11.7. The van der Waals surface area contributed by atoms with Crippen molar-refractivity contribution >= 4 is 23.1 Å². The van der Waals surface area contributed by atoms with Gasteiger partial charge in [-0.3, -0.25) is 0 Å². The average molecular weight is 303 g/mol. The first kappa shape index (κ1) is 14.3. The molecule has 3 rings (SSSR count). The predicted octanol–water partition coefficient (Wildman–Crippen LogP) is 3.99. The lowest BCUT2D eigenvalue weighted by atomic mass is 10.2. The zero-order valence-electron chi connectivity index (χ0n) is 11.7. The molecule has 2 aromatic carbocycles. The van der Waals surface area contributed by atoms with Gasteiger partial charge in [0.1, 0.15) is 11.6 Å². The summed E-state index contributed by atoms with van der Waals surface area (Å²) in [7, 11) is 0. The molecule has 0 unspecified atom stereocenters. The third-order valence-electron chi connectivity index (χ3n) is 3.27. The fraction of sp³-hybridized carbons (Fsp3) is 0.188. The van der Waals surface area contributed by atoms with E-state index in [9.17, 15) is 13.6 Å². The van der Waals surface area contributed by atoms with Crippen LogP contribution in [0.5, 0.6) is 0 Å². The largest absolute Gasteiger partial charge is 0.353 e. The van der Waals surface area contributed by atoms with Crippen LogP contribution in [-0.2, 0) is 0 Å². The Hall–Kier alpha value is -2.63. The second kappa shape index (κ2) is 6.01. The summed E-state index contributed by atoms with van der Waals surface area (Å²) in [4.78, 5) is 11.6. The molecule has 0 atom stereocenters. The van der Waals surface area contributed by atoms with Gasteiger partial charge in [-0.05, 0) is 49.2 Å². The summed E-state index contributed by atoms with van der Waals surface area (Å²) in [6, 6.07) is 10.2. The van der Waals surface area contributed by atoms with Gasteiger partial charge in [0.05, 0.1) is 5.69 Å². The number of hydrogen-bond acceptors (Lipinski definition) is 2. The molecule has 0 spiro atoms. The molecular formula is C16H15F2N3O. The number of halogens is 2. The van der Waals surface area contributed by atoms with Crippen LogP contribution in [0.1, 0.15) is 12.8 Å². The quantitative estimate of drug-likeness (QED) is 0.800. The van der Waals surface area contributed by atoms with Gasteiger partial charge in [0.2, 0.25) is 0 Å². The van der Waals surface area contributed by atoms with Crippen molar-refractivity contribution in [2.45, 2.75) is 18.9 Å². The van der Waals surface area contributed by atoms with Crippen molar-refractivity contribution in [2.24, 2.45) is 0 Å². The minimum absolute atomic E-state index is 0.189. The fourth-order valence-corrected chi connectivity index (χ4v) is 1.96. The van der Waals surface area contributed by atoms with E-state index < -0.39 is 11.6 Å².